The number of nitrogens with one attached hydrogen (secondary N) is 1. The molecule has 2 unspecified atom stereocenters. The number of likely N-dealkylation sites (N-methyl/N-ethyl adjacent to an activating group) is 2. The Bertz CT molecular complexity index is 375. The molecule has 1 saturated carbocycles. The second-order valence-electron chi connectivity index (χ2n) is 6.10. The van der Waals surface area contributed by atoms with Gasteiger partial charge in [-0.2, -0.15) is 0 Å². The van der Waals surface area contributed by atoms with Crippen molar-refractivity contribution in [3.05, 3.63) is 30.1 Å². The second-order valence-corrected chi connectivity index (χ2v) is 6.10. The smallest absolute Gasteiger partial charge is 0.0543 e. The Labute approximate surface area is 111 Å². The molecule has 1 aromatic heterocycles. The third-order valence-corrected chi connectivity index (χ3v) is 4.33. The zero-order valence-corrected chi connectivity index (χ0v) is 12.0. The summed E-state index contributed by atoms with van der Waals surface area (Å²) in [4.78, 5) is 6.86. The molecule has 2 atom stereocenters. The van der Waals surface area contributed by atoms with Crippen molar-refractivity contribution in [3.8, 4) is 0 Å². The summed E-state index contributed by atoms with van der Waals surface area (Å²) in [6.07, 6.45) is 4.43. The van der Waals surface area contributed by atoms with E-state index >= 15 is 0 Å². The van der Waals surface area contributed by atoms with Crippen molar-refractivity contribution in [1.82, 2.24) is 15.2 Å². The molecule has 0 spiro atoms. The molecule has 0 amide bonds. The van der Waals surface area contributed by atoms with Crippen LogP contribution in [0.25, 0.3) is 0 Å². The number of aromatic nitrogens is 1. The fraction of sp³-hybridized carbons (Fsp3) is 0.667. The van der Waals surface area contributed by atoms with Crippen LogP contribution in [0, 0.1) is 5.41 Å². The Hall–Kier alpha value is -0.930. The number of pyridine rings is 1. The Morgan fingerprint density at radius 3 is 2.83 bits per heavy atom. The van der Waals surface area contributed by atoms with E-state index in [1.807, 2.05) is 12.3 Å². The van der Waals surface area contributed by atoms with Crippen molar-refractivity contribution in [2.75, 3.05) is 14.1 Å². The van der Waals surface area contributed by atoms with E-state index in [0.717, 1.165) is 12.2 Å². The van der Waals surface area contributed by atoms with Crippen LogP contribution in [0.2, 0.25) is 0 Å². The number of hydrogen-bond acceptors (Lipinski definition) is 3. The standard InChI is InChI=1S/C15H25N3/c1-15(2)9-8-13(14(15)16-3)18(4)11-12-7-5-6-10-17-12/h5-7,10,13-14,16H,8-9,11H2,1-4H3. The first-order chi connectivity index (χ1) is 8.54. The average molecular weight is 247 g/mol. The highest BCUT2D eigenvalue weighted by Gasteiger charge is 2.42. The summed E-state index contributed by atoms with van der Waals surface area (Å²) in [5.41, 5.74) is 1.54. The average Bonchev–Trinajstić information content (AvgIpc) is 2.65. The van der Waals surface area contributed by atoms with Gasteiger partial charge in [0.15, 0.2) is 0 Å². The Morgan fingerprint density at radius 1 is 1.44 bits per heavy atom. The summed E-state index contributed by atoms with van der Waals surface area (Å²) in [6.45, 7) is 5.66. The molecule has 1 fully saturated rings. The van der Waals surface area contributed by atoms with Gasteiger partial charge in [0.1, 0.15) is 0 Å². The maximum Gasteiger partial charge on any atom is 0.0543 e. The highest BCUT2D eigenvalue weighted by atomic mass is 15.2. The van der Waals surface area contributed by atoms with E-state index in [-0.39, 0.29) is 0 Å². The van der Waals surface area contributed by atoms with Crippen LogP contribution in [0.1, 0.15) is 32.4 Å². The first-order valence-electron chi connectivity index (χ1n) is 6.82. The highest BCUT2D eigenvalue weighted by molar-refractivity contribution is 5.05. The topological polar surface area (TPSA) is 28.2 Å². The number of nitrogens with zero attached hydrogens (tertiary/aromatic N) is 2. The van der Waals surface area contributed by atoms with Crippen LogP contribution < -0.4 is 5.32 Å². The number of rotatable bonds is 4. The van der Waals surface area contributed by atoms with Gasteiger partial charge in [-0.3, -0.25) is 9.88 Å². The van der Waals surface area contributed by atoms with Crippen LogP contribution in [-0.2, 0) is 6.54 Å². The van der Waals surface area contributed by atoms with Gasteiger partial charge in [-0.15, -0.1) is 0 Å². The zero-order chi connectivity index (χ0) is 13.2. The minimum atomic E-state index is 0.387. The van der Waals surface area contributed by atoms with Gasteiger partial charge < -0.3 is 5.32 Å². The largest absolute Gasteiger partial charge is 0.315 e. The fourth-order valence-electron chi connectivity index (χ4n) is 3.29. The minimum Gasteiger partial charge on any atom is -0.315 e. The van der Waals surface area contributed by atoms with E-state index in [4.69, 9.17) is 0 Å². The summed E-state index contributed by atoms with van der Waals surface area (Å²) < 4.78 is 0. The van der Waals surface area contributed by atoms with Crippen LogP contribution in [0.5, 0.6) is 0 Å². The van der Waals surface area contributed by atoms with Crippen LogP contribution in [0.4, 0.5) is 0 Å². The van der Waals surface area contributed by atoms with Crippen LogP contribution >= 0.6 is 0 Å². The molecule has 3 heteroatoms. The molecule has 100 valence electrons. The summed E-state index contributed by atoms with van der Waals surface area (Å²) in [7, 11) is 4.30. The molecule has 0 saturated heterocycles. The summed E-state index contributed by atoms with van der Waals surface area (Å²) in [5, 5.41) is 3.51. The van der Waals surface area contributed by atoms with Crippen LogP contribution in [0.3, 0.4) is 0 Å². The predicted molar refractivity (Wildman–Crippen MR) is 75.4 cm³/mol. The molecule has 0 radical (unpaired) electrons. The van der Waals surface area contributed by atoms with Crippen molar-refractivity contribution in [2.45, 2.75) is 45.3 Å². The molecule has 0 bridgehead atoms. The molecular formula is C15H25N3. The lowest BCUT2D eigenvalue weighted by Crippen LogP contribution is -2.49. The van der Waals surface area contributed by atoms with Gasteiger partial charge in [-0.1, -0.05) is 19.9 Å². The quantitative estimate of drug-likeness (QED) is 0.885. The molecule has 0 aromatic carbocycles. The molecule has 1 aliphatic carbocycles. The lowest BCUT2D eigenvalue weighted by Gasteiger charge is -2.35. The third kappa shape index (κ3) is 2.73. The van der Waals surface area contributed by atoms with Gasteiger partial charge in [-0.05, 0) is 44.5 Å². The predicted octanol–water partition coefficient (Wildman–Crippen LogP) is 2.29. The van der Waals surface area contributed by atoms with Crippen molar-refractivity contribution >= 4 is 0 Å². The Kier molecular flexibility index (Phi) is 4.03. The van der Waals surface area contributed by atoms with Crippen molar-refractivity contribution in [3.63, 3.8) is 0 Å². The molecule has 0 aliphatic heterocycles. The van der Waals surface area contributed by atoms with Crippen LogP contribution in [0.15, 0.2) is 24.4 Å². The van der Waals surface area contributed by atoms with E-state index in [9.17, 15) is 0 Å². The molecule has 1 aliphatic rings. The summed E-state index contributed by atoms with van der Waals surface area (Å²) in [6, 6.07) is 7.30. The van der Waals surface area contributed by atoms with Gasteiger partial charge in [-0.25, -0.2) is 0 Å². The number of hydrogen-bond donors (Lipinski definition) is 1. The molecule has 3 nitrogen and oxygen atoms in total. The first-order valence-corrected chi connectivity index (χ1v) is 6.82. The Balaban J connectivity index is 2.03. The lowest BCUT2D eigenvalue weighted by molar-refractivity contribution is 0.170. The van der Waals surface area contributed by atoms with Gasteiger partial charge in [0.25, 0.3) is 0 Å². The van der Waals surface area contributed by atoms with Crippen molar-refractivity contribution < 1.29 is 0 Å². The van der Waals surface area contributed by atoms with E-state index in [0.29, 0.717) is 17.5 Å². The van der Waals surface area contributed by atoms with Gasteiger partial charge in [0.05, 0.1) is 5.69 Å². The van der Waals surface area contributed by atoms with Crippen molar-refractivity contribution in [1.29, 1.82) is 0 Å². The van der Waals surface area contributed by atoms with E-state index in [1.165, 1.54) is 12.8 Å². The van der Waals surface area contributed by atoms with E-state index in [1.54, 1.807) is 0 Å². The SMILES string of the molecule is CNC1C(N(C)Cc2ccccn2)CCC1(C)C. The van der Waals surface area contributed by atoms with Crippen molar-refractivity contribution in [2.24, 2.45) is 5.41 Å². The monoisotopic (exact) mass is 247 g/mol. The van der Waals surface area contributed by atoms with E-state index in [2.05, 4.69) is 55.3 Å². The molecular weight excluding hydrogens is 222 g/mol. The van der Waals surface area contributed by atoms with Gasteiger partial charge in [0.2, 0.25) is 0 Å². The molecule has 1 heterocycles. The van der Waals surface area contributed by atoms with Gasteiger partial charge >= 0.3 is 0 Å². The lowest BCUT2D eigenvalue weighted by atomic mass is 9.86. The molecule has 1 N–H and O–H groups in total. The van der Waals surface area contributed by atoms with Gasteiger partial charge in [0, 0.05) is 24.8 Å². The highest BCUT2D eigenvalue weighted by Crippen LogP contribution is 2.39. The fourth-order valence-corrected chi connectivity index (χ4v) is 3.29. The third-order valence-electron chi connectivity index (χ3n) is 4.33. The molecule has 1 aromatic rings. The van der Waals surface area contributed by atoms with E-state index < -0.39 is 0 Å². The maximum atomic E-state index is 4.42. The second kappa shape index (κ2) is 5.37. The molecule has 18 heavy (non-hydrogen) atoms. The minimum absolute atomic E-state index is 0.387. The molecule has 2 rings (SSSR count). The summed E-state index contributed by atoms with van der Waals surface area (Å²) >= 11 is 0. The Morgan fingerprint density at radius 2 is 2.22 bits per heavy atom. The first kappa shape index (κ1) is 13.5. The normalized spacial score (nSPS) is 26.7. The van der Waals surface area contributed by atoms with Crippen LogP contribution in [-0.4, -0.2) is 36.1 Å². The maximum absolute atomic E-state index is 4.42. The summed E-state index contributed by atoms with van der Waals surface area (Å²) in [5.74, 6) is 0. The zero-order valence-electron chi connectivity index (χ0n) is 12.0.